The van der Waals surface area contributed by atoms with Crippen LogP contribution < -0.4 is 19.9 Å². The zero-order valence-electron chi connectivity index (χ0n) is 9.17. The predicted molar refractivity (Wildman–Crippen MR) is 51.9 cm³/mol. The summed E-state index contributed by atoms with van der Waals surface area (Å²) in [5.41, 5.74) is 5.35. The largest absolute Gasteiger partial charge is 0.574 e. The third-order valence-corrected chi connectivity index (χ3v) is 1.87. The van der Waals surface area contributed by atoms with Crippen LogP contribution in [0.5, 0.6) is 17.5 Å². The number of ether oxygens (including phenoxy) is 3. The van der Waals surface area contributed by atoms with E-state index in [1.165, 1.54) is 20.3 Å². The Labute approximate surface area is 95.3 Å². The fourth-order valence-corrected chi connectivity index (χ4v) is 1.17. The smallest absolute Gasteiger partial charge is 0.496 e. The molecule has 0 amide bonds. The first-order chi connectivity index (χ1) is 7.91. The summed E-state index contributed by atoms with van der Waals surface area (Å²) >= 11 is 0. The lowest BCUT2D eigenvalue weighted by molar-refractivity contribution is -0.276. The minimum absolute atomic E-state index is 0.0191. The average molecular weight is 252 g/mol. The van der Waals surface area contributed by atoms with Gasteiger partial charge in [-0.15, -0.1) is 13.2 Å². The maximum Gasteiger partial charge on any atom is 0.574 e. The summed E-state index contributed by atoms with van der Waals surface area (Å²) in [6, 6.07) is 1.32. The number of hydrogen-bond acceptors (Lipinski definition) is 5. The zero-order valence-corrected chi connectivity index (χ0v) is 9.17. The van der Waals surface area contributed by atoms with Crippen LogP contribution >= 0.6 is 0 Å². The molecule has 0 unspecified atom stereocenters. The van der Waals surface area contributed by atoms with Crippen molar-refractivity contribution >= 4 is 0 Å². The Morgan fingerprint density at radius 2 is 1.94 bits per heavy atom. The summed E-state index contributed by atoms with van der Waals surface area (Å²) in [4.78, 5) is 3.53. The second kappa shape index (κ2) is 5.09. The first-order valence-electron chi connectivity index (χ1n) is 4.49. The molecule has 0 bridgehead atoms. The Bertz CT molecular complexity index is 396. The van der Waals surface area contributed by atoms with Crippen LogP contribution in [-0.4, -0.2) is 25.6 Å². The van der Waals surface area contributed by atoms with Crippen molar-refractivity contribution < 1.29 is 27.4 Å². The summed E-state index contributed by atoms with van der Waals surface area (Å²) in [7, 11) is 2.56. The molecule has 0 radical (unpaired) electrons. The topological polar surface area (TPSA) is 66.6 Å². The molecular weight excluding hydrogens is 241 g/mol. The summed E-state index contributed by atoms with van der Waals surface area (Å²) in [6.07, 6.45) is -4.85. The minimum atomic E-state index is -4.85. The molecule has 0 aliphatic heterocycles. The van der Waals surface area contributed by atoms with E-state index in [9.17, 15) is 13.2 Å². The zero-order chi connectivity index (χ0) is 13.1. The predicted octanol–water partition coefficient (Wildman–Crippen LogP) is 1.46. The van der Waals surface area contributed by atoms with Crippen molar-refractivity contribution in [3.63, 3.8) is 0 Å². The van der Waals surface area contributed by atoms with Gasteiger partial charge in [0.2, 0.25) is 11.8 Å². The highest BCUT2D eigenvalue weighted by Crippen LogP contribution is 2.33. The first kappa shape index (κ1) is 13.4. The van der Waals surface area contributed by atoms with E-state index in [2.05, 4.69) is 9.72 Å². The van der Waals surface area contributed by atoms with E-state index in [0.717, 1.165) is 0 Å². The summed E-state index contributed by atoms with van der Waals surface area (Å²) < 4.78 is 49.8. The lowest BCUT2D eigenvalue weighted by Gasteiger charge is -2.15. The normalized spacial score (nSPS) is 11.2. The number of halogens is 3. The van der Waals surface area contributed by atoms with Crippen molar-refractivity contribution in [1.29, 1.82) is 0 Å². The van der Waals surface area contributed by atoms with Crippen molar-refractivity contribution in [3.8, 4) is 17.5 Å². The van der Waals surface area contributed by atoms with Crippen LogP contribution in [0.15, 0.2) is 6.07 Å². The third-order valence-electron chi connectivity index (χ3n) is 1.87. The number of aromatic nitrogens is 1. The van der Waals surface area contributed by atoms with E-state index in [0.29, 0.717) is 0 Å². The van der Waals surface area contributed by atoms with E-state index >= 15 is 0 Å². The molecule has 2 N–H and O–H groups in total. The number of pyridine rings is 1. The van der Waals surface area contributed by atoms with Crippen LogP contribution in [0.2, 0.25) is 0 Å². The van der Waals surface area contributed by atoms with E-state index in [1.54, 1.807) is 0 Å². The number of alkyl halides is 3. The maximum atomic E-state index is 12.1. The Kier molecular flexibility index (Phi) is 4.00. The molecule has 0 atom stereocenters. The Hall–Kier alpha value is -1.70. The van der Waals surface area contributed by atoms with Crippen LogP contribution in [0.25, 0.3) is 0 Å². The molecule has 0 aromatic carbocycles. The van der Waals surface area contributed by atoms with E-state index < -0.39 is 12.2 Å². The third kappa shape index (κ3) is 3.38. The second-order valence-corrected chi connectivity index (χ2v) is 2.90. The number of nitrogens with zero attached hydrogens (tertiary/aromatic N) is 1. The molecule has 0 spiro atoms. The van der Waals surface area contributed by atoms with Crippen LogP contribution in [0.1, 0.15) is 5.56 Å². The van der Waals surface area contributed by atoms with Crippen LogP contribution in [0.3, 0.4) is 0 Å². The van der Waals surface area contributed by atoms with Gasteiger partial charge < -0.3 is 19.9 Å². The summed E-state index contributed by atoms with van der Waals surface area (Å²) in [5.74, 6) is -0.604. The van der Waals surface area contributed by atoms with Gasteiger partial charge in [-0.2, -0.15) is 4.98 Å². The van der Waals surface area contributed by atoms with Crippen LogP contribution in [-0.2, 0) is 6.54 Å². The van der Waals surface area contributed by atoms with E-state index in [-0.39, 0.29) is 23.7 Å². The maximum absolute atomic E-state index is 12.1. The Morgan fingerprint density at radius 3 is 2.35 bits per heavy atom. The molecule has 0 saturated carbocycles. The molecule has 1 aromatic rings. The van der Waals surface area contributed by atoms with Gasteiger partial charge in [-0.05, 0) is 0 Å². The van der Waals surface area contributed by atoms with Gasteiger partial charge in [0.15, 0.2) is 0 Å². The van der Waals surface area contributed by atoms with E-state index in [4.69, 9.17) is 15.2 Å². The SMILES string of the molecule is COc1cc(OC)c(CN)c(OC(F)(F)F)n1. The molecule has 96 valence electrons. The van der Waals surface area contributed by atoms with E-state index in [1.807, 2.05) is 0 Å². The summed E-state index contributed by atoms with van der Waals surface area (Å²) in [6.45, 7) is -0.203. The highest BCUT2D eigenvalue weighted by atomic mass is 19.4. The number of nitrogens with two attached hydrogens (primary N) is 1. The lowest BCUT2D eigenvalue weighted by atomic mass is 10.2. The molecule has 5 nitrogen and oxygen atoms in total. The van der Waals surface area contributed by atoms with Crippen molar-refractivity contribution in [2.75, 3.05) is 14.2 Å². The van der Waals surface area contributed by atoms with Crippen LogP contribution in [0, 0.1) is 0 Å². The Balaban J connectivity index is 3.24. The molecule has 8 heteroatoms. The molecule has 0 saturated heterocycles. The number of rotatable bonds is 4. The molecule has 0 fully saturated rings. The van der Waals surface area contributed by atoms with Gasteiger partial charge in [0.1, 0.15) is 5.75 Å². The van der Waals surface area contributed by atoms with Crippen molar-refractivity contribution in [1.82, 2.24) is 4.98 Å². The van der Waals surface area contributed by atoms with Crippen molar-refractivity contribution in [2.45, 2.75) is 12.9 Å². The van der Waals surface area contributed by atoms with Crippen molar-refractivity contribution in [2.24, 2.45) is 5.73 Å². The number of hydrogen-bond donors (Lipinski definition) is 1. The number of methoxy groups -OCH3 is 2. The van der Waals surface area contributed by atoms with Gasteiger partial charge >= 0.3 is 6.36 Å². The molecule has 1 rings (SSSR count). The van der Waals surface area contributed by atoms with Gasteiger partial charge in [0.25, 0.3) is 0 Å². The monoisotopic (exact) mass is 252 g/mol. The molecule has 17 heavy (non-hydrogen) atoms. The molecular formula is C9H11F3N2O3. The highest BCUT2D eigenvalue weighted by Gasteiger charge is 2.33. The van der Waals surface area contributed by atoms with Gasteiger partial charge in [-0.3, -0.25) is 0 Å². The average Bonchev–Trinajstić information content (AvgIpc) is 2.25. The summed E-state index contributed by atoms with van der Waals surface area (Å²) in [5, 5.41) is 0. The van der Waals surface area contributed by atoms with Gasteiger partial charge in [0.05, 0.1) is 19.8 Å². The quantitative estimate of drug-likeness (QED) is 0.878. The van der Waals surface area contributed by atoms with Gasteiger partial charge in [0, 0.05) is 12.6 Å². The van der Waals surface area contributed by atoms with Gasteiger partial charge in [-0.25, -0.2) is 0 Å². The first-order valence-corrected chi connectivity index (χ1v) is 4.49. The standard InChI is InChI=1S/C9H11F3N2O3/c1-15-6-3-7(16-2)14-8(5(6)4-13)17-9(10,11)12/h3H,4,13H2,1-2H3. The van der Waals surface area contributed by atoms with Crippen molar-refractivity contribution in [3.05, 3.63) is 11.6 Å². The van der Waals surface area contributed by atoms with Gasteiger partial charge in [-0.1, -0.05) is 0 Å². The fourth-order valence-electron chi connectivity index (χ4n) is 1.17. The Morgan fingerprint density at radius 1 is 1.29 bits per heavy atom. The molecule has 0 aliphatic rings. The second-order valence-electron chi connectivity index (χ2n) is 2.90. The highest BCUT2D eigenvalue weighted by molar-refractivity contribution is 5.43. The molecule has 1 aromatic heterocycles. The minimum Gasteiger partial charge on any atom is -0.496 e. The molecule has 1 heterocycles. The molecule has 0 aliphatic carbocycles. The lowest BCUT2D eigenvalue weighted by Crippen LogP contribution is -2.20. The fraction of sp³-hybridized carbons (Fsp3) is 0.444. The van der Waals surface area contributed by atoms with Crippen LogP contribution in [0.4, 0.5) is 13.2 Å².